The molecule has 3 nitrogen and oxygen atoms in total. The highest BCUT2D eigenvalue weighted by atomic mass is 19.4. The normalized spacial score (nSPS) is 32.0. The van der Waals surface area contributed by atoms with Crippen LogP contribution in [0.3, 0.4) is 0 Å². The number of hydrogen-bond donors (Lipinski definition) is 1. The number of hydrogen-bond acceptors (Lipinski definition) is 3. The zero-order chi connectivity index (χ0) is 13.2. The number of nitrogens with one attached hydrogen (secondary N) is 1. The van der Waals surface area contributed by atoms with E-state index in [0.29, 0.717) is 25.0 Å². The summed E-state index contributed by atoms with van der Waals surface area (Å²) in [5, 5.41) is 3.38. The Kier molecular flexibility index (Phi) is 4.50. The Morgan fingerprint density at radius 3 is 2.33 bits per heavy atom. The van der Waals surface area contributed by atoms with Gasteiger partial charge >= 0.3 is 6.18 Å². The van der Waals surface area contributed by atoms with Gasteiger partial charge < -0.3 is 5.32 Å². The molecular weight excluding hydrogens is 243 g/mol. The predicted octanol–water partition coefficient (Wildman–Crippen LogP) is 1.16. The Morgan fingerprint density at radius 1 is 1.11 bits per heavy atom. The lowest BCUT2D eigenvalue weighted by molar-refractivity contribution is -0.150. The smallest absolute Gasteiger partial charge is 0.315 e. The zero-order valence-electron chi connectivity index (χ0n) is 10.8. The first-order chi connectivity index (χ1) is 8.49. The zero-order valence-corrected chi connectivity index (χ0v) is 10.8. The molecule has 2 rings (SSSR count). The maximum atomic E-state index is 12.3. The molecule has 0 saturated carbocycles. The molecule has 2 aliphatic heterocycles. The molecule has 2 fully saturated rings. The predicted molar refractivity (Wildman–Crippen MR) is 64.5 cm³/mol. The molecule has 1 N–H and O–H groups in total. The number of nitrogens with zero attached hydrogens (tertiary/aromatic N) is 2. The van der Waals surface area contributed by atoms with Crippen molar-refractivity contribution >= 4 is 0 Å². The molecule has 0 amide bonds. The van der Waals surface area contributed by atoms with E-state index in [0.717, 1.165) is 32.6 Å². The number of rotatable bonds is 3. The van der Waals surface area contributed by atoms with E-state index < -0.39 is 12.7 Å². The van der Waals surface area contributed by atoms with E-state index >= 15 is 0 Å². The van der Waals surface area contributed by atoms with Crippen LogP contribution in [0, 0.1) is 5.92 Å². The maximum Gasteiger partial charge on any atom is 0.401 e. The molecule has 0 aromatic carbocycles. The van der Waals surface area contributed by atoms with Gasteiger partial charge in [-0.05, 0) is 12.5 Å². The van der Waals surface area contributed by atoms with E-state index in [1.54, 1.807) is 0 Å². The lowest BCUT2D eigenvalue weighted by Gasteiger charge is -2.39. The first-order valence-corrected chi connectivity index (χ1v) is 6.73. The highest BCUT2D eigenvalue weighted by Gasteiger charge is 2.35. The largest absolute Gasteiger partial charge is 0.401 e. The summed E-state index contributed by atoms with van der Waals surface area (Å²) in [7, 11) is 0. The fourth-order valence-electron chi connectivity index (χ4n) is 3.07. The van der Waals surface area contributed by atoms with Gasteiger partial charge in [0.25, 0.3) is 0 Å². The second-order valence-electron chi connectivity index (χ2n) is 5.32. The van der Waals surface area contributed by atoms with Crippen LogP contribution in [0.15, 0.2) is 0 Å². The van der Waals surface area contributed by atoms with Crippen LogP contribution in [-0.2, 0) is 0 Å². The Bertz CT molecular complexity index is 262. The van der Waals surface area contributed by atoms with Crippen molar-refractivity contribution in [3.63, 3.8) is 0 Å². The topological polar surface area (TPSA) is 18.5 Å². The van der Waals surface area contributed by atoms with Crippen molar-refractivity contribution in [1.82, 2.24) is 15.1 Å². The van der Waals surface area contributed by atoms with E-state index in [1.807, 2.05) is 0 Å². The van der Waals surface area contributed by atoms with Crippen molar-refractivity contribution in [1.29, 1.82) is 0 Å². The number of halogens is 3. The van der Waals surface area contributed by atoms with Crippen molar-refractivity contribution in [2.75, 3.05) is 45.8 Å². The van der Waals surface area contributed by atoms with E-state index in [4.69, 9.17) is 0 Å². The Balaban J connectivity index is 1.79. The number of alkyl halides is 3. The molecule has 106 valence electrons. The van der Waals surface area contributed by atoms with Gasteiger partial charge in [-0.3, -0.25) is 9.80 Å². The van der Waals surface area contributed by atoms with Crippen molar-refractivity contribution in [3.8, 4) is 0 Å². The van der Waals surface area contributed by atoms with E-state index in [-0.39, 0.29) is 0 Å². The van der Waals surface area contributed by atoms with Crippen LogP contribution in [0.1, 0.15) is 13.3 Å². The van der Waals surface area contributed by atoms with Crippen LogP contribution in [0.25, 0.3) is 0 Å². The van der Waals surface area contributed by atoms with Crippen LogP contribution < -0.4 is 5.32 Å². The second-order valence-corrected chi connectivity index (χ2v) is 5.32. The summed E-state index contributed by atoms with van der Waals surface area (Å²) in [5.74, 6) is 0.652. The lowest BCUT2D eigenvalue weighted by atomic mass is 9.99. The second kappa shape index (κ2) is 5.75. The Labute approximate surface area is 106 Å². The minimum absolute atomic E-state index is 0.517. The maximum absolute atomic E-state index is 12.3. The van der Waals surface area contributed by atoms with Gasteiger partial charge in [-0.15, -0.1) is 0 Å². The molecule has 2 atom stereocenters. The van der Waals surface area contributed by atoms with Crippen LogP contribution in [0.5, 0.6) is 0 Å². The molecular formula is C12H22F3N3. The Morgan fingerprint density at radius 2 is 1.78 bits per heavy atom. The monoisotopic (exact) mass is 265 g/mol. The minimum Gasteiger partial charge on any atom is -0.315 e. The molecule has 0 aliphatic carbocycles. The molecule has 18 heavy (non-hydrogen) atoms. The molecule has 0 spiro atoms. The van der Waals surface area contributed by atoms with Crippen LogP contribution >= 0.6 is 0 Å². The molecule has 0 aromatic heterocycles. The van der Waals surface area contributed by atoms with Gasteiger partial charge in [-0.1, -0.05) is 13.3 Å². The van der Waals surface area contributed by atoms with Gasteiger partial charge in [0.1, 0.15) is 0 Å². The molecule has 2 unspecified atom stereocenters. The van der Waals surface area contributed by atoms with Crippen LogP contribution in [0.2, 0.25) is 0 Å². The number of piperazine rings is 1. The van der Waals surface area contributed by atoms with Gasteiger partial charge in [0.05, 0.1) is 6.54 Å². The first kappa shape index (κ1) is 14.1. The average molecular weight is 265 g/mol. The summed E-state index contributed by atoms with van der Waals surface area (Å²) in [6.45, 7) is 6.05. The van der Waals surface area contributed by atoms with Crippen LogP contribution in [0.4, 0.5) is 13.2 Å². The third kappa shape index (κ3) is 3.59. The summed E-state index contributed by atoms with van der Waals surface area (Å²) in [5.41, 5.74) is 0. The van der Waals surface area contributed by atoms with Crippen molar-refractivity contribution in [2.45, 2.75) is 25.6 Å². The molecule has 2 aliphatic rings. The highest BCUT2D eigenvalue weighted by Crippen LogP contribution is 2.22. The summed E-state index contributed by atoms with van der Waals surface area (Å²) >= 11 is 0. The van der Waals surface area contributed by atoms with E-state index in [1.165, 1.54) is 4.90 Å². The standard InChI is InChI=1S/C12H22F3N3/c1-2-10-7-16-8-11(10)18-5-3-17(4-6-18)9-12(13,14)15/h10-11,16H,2-9H2,1H3. The molecule has 6 heteroatoms. The molecule has 0 bridgehead atoms. The third-order valence-electron chi connectivity index (χ3n) is 4.11. The minimum atomic E-state index is -4.07. The van der Waals surface area contributed by atoms with Crippen LogP contribution in [-0.4, -0.2) is 67.8 Å². The van der Waals surface area contributed by atoms with Gasteiger partial charge in [0.2, 0.25) is 0 Å². The third-order valence-corrected chi connectivity index (χ3v) is 4.11. The SMILES string of the molecule is CCC1CNCC1N1CCN(CC(F)(F)F)CC1. The van der Waals surface area contributed by atoms with Crippen molar-refractivity contribution in [3.05, 3.63) is 0 Å². The van der Waals surface area contributed by atoms with Gasteiger partial charge in [0, 0.05) is 38.8 Å². The molecule has 0 radical (unpaired) electrons. The average Bonchev–Trinajstić information content (AvgIpc) is 2.76. The van der Waals surface area contributed by atoms with Gasteiger partial charge in [-0.25, -0.2) is 0 Å². The molecule has 0 aromatic rings. The van der Waals surface area contributed by atoms with Gasteiger partial charge in [-0.2, -0.15) is 13.2 Å². The van der Waals surface area contributed by atoms with Crippen molar-refractivity contribution < 1.29 is 13.2 Å². The summed E-state index contributed by atoms with van der Waals surface area (Å²) in [6.07, 6.45) is -2.93. The van der Waals surface area contributed by atoms with Crippen molar-refractivity contribution in [2.24, 2.45) is 5.92 Å². The fraction of sp³-hybridized carbons (Fsp3) is 1.00. The lowest BCUT2D eigenvalue weighted by Crippen LogP contribution is -2.54. The van der Waals surface area contributed by atoms with E-state index in [2.05, 4.69) is 17.1 Å². The highest BCUT2D eigenvalue weighted by molar-refractivity contribution is 4.90. The Hall–Kier alpha value is -0.330. The first-order valence-electron chi connectivity index (χ1n) is 6.73. The quantitative estimate of drug-likeness (QED) is 0.826. The summed E-state index contributed by atoms with van der Waals surface area (Å²) in [6, 6.07) is 0.517. The summed E-state index contributed by atoms with van der Waals surface area (Å²) < 4.78 is 36.9. The molecule has 2 saturated heterocycles. The summed E-state index contributed by atoms with van der Waals surface area (Å²) in [4.78, 5) is 3.88. The van der Waals surface area contributed by atoms with E-state index in [9.17, 15) is 13.2 Å². The van der Waals surface area contributed by atoms with Gasteiger partial charge in [0.15, 0.2) is 0 Å². The fourth-order valence-corrected chi connectivity index (χ4v) is 3.07. The molecule has 2 heterocycles.